The number of carbonyl (C=O) groups is 1. The minimum atomic E-state index is -0.409. The number of nitrogens with two attached hydrogens (primary N) is 1. The van der Waals surface area contributed by atoms with Crippen LogP contribution in [0.1, 0.15) is 17.3 Å². The number of fused-ring (bicyclic) bond motifs is 1. The van der Waals surface area contributed by atoms with Crippen LogP contribution in [0.3, 0.4) is 0 Å². The number of piperazine rings is 1. The summed E-state index contributed by atoms with van der Waals surface area (Å²) in [4.78, 5) is 18.5. The van der Waals surface area contributed by atoms with Gasteiger partial charge in [-0.1, -0.05) is 18.2 Å². The van der Waals surface area contributed by atoms with Crippen molar-refractivity contribution in [2.45, 2.75) is 13.0 Å². The molecule has 1 fully saturated rings. The zero-order valence-electron chi connectivity index (χ0n) is 11.5. The first-order valence-electron chi connectivity index (χ1n) is 6.83. The molecule has 3 rings (SSSR count). The maximum atomic E-state index is 11.7. The quantitative estimate of drug-likeness (QED) is 0.858. The van der Waals surface area contributed by atoms with Crippen LogP contribution in [0.25, 0.3) is 10.9 Å². The molecule has 104 valence electrons. The molecule has 0 spiro atoms. The Balaban J connectivity index is 2.09. The number of hydrogen-bond acceptors (Lipinski definition) is 4. The molecular formula is C15H18N4O. The van der Waals surface area contributed by atoms with Gasteiger partial charge >= 0.3 is 0 Å². The Morgan fingerprint density at radius 1 is 1.45 bits per heavy atom. The second-order valence-electron chi connectivity index (χ2n) is 5.21. The number of carbonyl (C=O) groups excluding carboxylic acids is 1. The number of para-hydroxylation sites is 1. The zero-order valence-corrected chi connectivity index (χ0v) is 11.5. The molecule has 1 unspecified atom stereocenters. The van der Waals surface area contributed by atoms with Crippen LogP contribution in [-0.2, 0) is 0 Å². The number of hydrogen-bond donors (Lipinski definition) is 2. The van der Waals surface area contributed by atoms with Gasteiger partial charge in [-0.05, 0) is 19.1 Å². The molecule has 1 aromatic heterocycles. The fourth-order valence-electron chi connectivity index (χ4n) is 2.67. The van der Waals surface area contributed by atoms with Crippen LogP contribution in [0.15, 0.2) is 30.3 Å². The van der Waals surface area contributed by atoms with E-state index in [1.807, 2.05) is 30.3 Å². The molecule has 0 saturated carbocycles. The molecule has 5 nitrogen and oxygen atoms in total. The highest BCUT2D eigenvalue weighted by molar-refractivity contribution is 6.06. The van der Waals surface area contributed by atoms with Crippen molar-refractivity contribution in [2.75, 3.05) is 24.5 Å². The lowest BCUT2D eigenvalue weighted by Crippen LogP contribution is -2.49. The van der Waals surface area contributed by atoms with E-state index in [9.17, 15) is 4.79 Å². The number of amides is 1. The zero-order chi connectivity index (χ0) is 14.1. The fraction of sp³-hybridized carbons (Fsp3) is 0.333. The molecule has 1 saturated heterocycles. The fourth-order valence-corrected chi connectivity index (χ4v) is 2.67. The van der Waals surface area contributed by atoms with Gasteiger partial charge in [0.05, 0.1) is 11.1 Å². The lowest BCUT2D eigenvalue weighted by atomic mass is 10.1. The maximum Gasteiger partial charge on any atom is 0.249 e. The first-order chi connectivity index (χ1) is 9.65. The van der Waals surface area contributed by atoms with Gasteiger partial charge in [-0.25, -0.2) is 4.98 Å². The minimum Gasteiger partial charge on any atom is -0.366 e. The van der Waals surface area contributed by atoms with Gasteiger partial charge in [0.2, 0.25) is 5.91 Å². The Labute approximate surface area is 117 Å². The average molecular weight is 270 g/mol. The van der Waals surface area contributed by atoms with Crippen molar-refractivity contribution in [1.82, 2.24) is 10.3 Å². The molecule has 1 amide bonds. The normalized spacial score (nSPS) is 19.2. The second-order valence-corrected chi connectivity index (χ2v) is 5.21. The monoisotopic (exact) mass is 270 g/mol. The predicted molar refractivity (Wildman–Crippen MR) is 79.9 cm³/mol. The molecule has 3 N–H and O–H groups in total. The van der Waals surface area contributed by atoms with Crippen molar-refractivity contribution >= 4 is 22.6 Å². The molecule has 5 heteroatoms. The third-order valence-corrected chi connectivity index (χ3v) is 3.66. The summed E-state index contributed by atoms with van der Waals surface area (Å²) in [5, 5.41) is 4.21. The molecule has 20 heavy (non-hydrogen) atoms. The van der Waals surface area contributed by atoms with Gasteiger partial charge in [-0.2, -0.15) is 0 Å². The van der Waals surface area contributed by atoms with Crippen molar-refractivity contribution in [3.8, 4) is 0 Å². The first-order valence-corrected chi connectivity index (χ1v) is 6.83. The van der Waals surface area contributed by atoms with Crippen molar-refractivity contribution in [3.63, 3.8) is 0 Å². The first kappa shape index (κ1) is 12.9. The van der Waals surface area contributed by atoms with E-state index in [1.165, 1.54) is 0 Å². The molecule has 2 aromatic rings. The molecule has 1 aromatic carbocycles. The predicted octanol–water partition coefficient (Wildman–Crippen LogP) is 1.13. The van der Waals surface area contributed by atoms with E-state index in [-0.39, 0.29) is 0 Å². The van der Waals surface area contributed by atoms with E-state index in [0.717, 1.165) is 36.4 Å². The molecule has 0 radical (unpaired) electrons. The molecule has 2 heterocycles. The Kier molecular flexibility index (Phi) is 3.28. The Morgan fingerprint density at radius 3 is 3.00 bits per heavy atom. The van der Waals surface area contributed by atoms with Crippen LogP contribution in [0.5, 0.6) is 0 Å². The lowest BCUT2D eigenvalue weighted by molar-refractivity contribution is 0.100. The SMILES string of the molecule is CC1CN(c2cc(C(N)=O)c3ccccc3n2)CCN1. The molecule has 0 bridgehead atoms. The summed E-state index contributed by atoms with van der Waals surface area (Å²) in [6.45, 7) is 4.82. The number of nitrogens with zero attached hydrogens (tertiary/aromatic N) is 2. The molecule has 1 atom stereocenters. The van der Waals surface area contributed by atoms with Crippen molar-refractivity contribution in [1.29, 1.82) is 0 Å². The Hall–Kier alpha value is -2.14. The number of aromatic nitrogens is 1. The number of benzene rings is 1. The highest BCUT2D eigenvalue weighted by atomic mass is 16.1. The molecule has 1 aliphatic rings. The molecular weight excluding hydrogens is 252 g/mol. The van der Waals surface area contributed by atoms with Gasteiger partial charge in [0.1, 0.15) is 5.82 Å². The van der Waals surface area contributed by atoms with E-state index < -0.39 is 5.91 Å². The van der Waals surface area contributed by atoms with E-state index in [4.69, 9.17) is 5.73 Å². The largest absolute Gasteiger partial charge is 0.366 e. The highest BCUT2D eigenvalue weighted by Gasteiger charge is 2.19. The number of nitrogens with one attached hydrogen (secondary N) is 1. The lowest BCUT2D eigenvalue weighted by Gasteiger charge is -2.33. The molecule has 0 aliphatic carbocycles. The maximum absolute atomic E-state index is 11.7. The van der Waals surface area contributed by atoms with E-state index in [1.54, 1.807) is 0 Å². The van der Waals surface area contributed by atoms with Gasteiger partial charge in [0.25, 0.3) is 0 Å². The van der Waals surface area contributed by atoms with Crippen molar-refractivity contribution < 1.29 is 4.79 Å². The number of primary amides is 1. The topological polar surface area (TPSA) is 71.2 Å². The number of pyridine rings is 1. The van der Waals surface area contributed by atoms with Gasteiger partial charge < -0.3 is 16.0 Å². The highest BCUT2D eigenvalue weighted by Crippen LogP contribution is 2.23. The van der Waals surface area contributed by atoms with Gasteiger partial charge in [0, 0.05) is 31.1 Å². The van der Waals surface area contributed by atoms with Gasteiger partial charge in [0.15, 0.2) is 0 Å². The summed E-state index contributed by atoms with van der Waals surface area (Å²) in [6.07, 6.45) is 0. The van der Waals surface area contributed by atoms with Crippen LogP contribution in [0.4, 0.5) is 5.82 Å². The van der Waals surface area contributed by atoms with E-state index >= 15 is 0 Å². The second kappa shape index (κ2) is 5.09. The summed E-state index contributed by atoms with van der Waals surface area (Å²) in [7, 11) is 0. The van der Waals surface area contributed by atoms with Crippen LogP contribution in [0, 0.1) is 0 Å². The third-order valence-electron chi connectivity index (χ3n) is 3.66. The van der Waals surface area contributed by atoms with Crippen LogP contribution >= 0.6 is 0 Å². The van der Waals surface area contributed by atoms with Crippen LogP contribution in [-0.4, -0.2) is 36.6 Å². The summed E-state index contributed by atoms with van der Waals surface area (Å²) in [5.74, 6) is 0.416. The third kappa shape index (κ3) is 2.32. The van der Waals surface area contributed by atoms with Crippen molar-refractivity contribution in [2.24, 2.45) is 5.73 Å². The van der Waals surface area contributed by atoms with Crippen molar-refractivity contribution in [3.05, 3.63) is 35.9 Å². The summed E-state index contributed by atoms with van der Waals surface area (Å²) >= 11 is 0. The number of rotatable bonds is 2. The van der Waals surface area contributed by atoms with Crippen LogP contribution < -0.4 is 16.0 Å². The smallest absolute Gasteiger partial charge is 0.249 e. The number of anilines is 1. The van der Waals surface area contributed by atoms with Gasteiger partial charge in [-0.3, -0.25) is 4.79 Å². The summed E-state index contributed by atoms with van der Waals surface area (Å²) in [5.41, 5.74) is 6.86. The van der Waals surface area contributed by atoms with E-state index in [0.29, 0.717) is 11.6 Å². The van der Waals surface area contributed by atoms with E-state index in [2.05, 4.69) is 22.1 Å². The van der Waals surface area contributed by atoms with Crippen LogP contribution in [0.2, 0.25) is 0 Å². The summed E-state index contributed by atoms with van der Waals surface area (Å²) in [6, 6.07) is 9.83. The average Bonchev–Trinajstić information content (AvgIpc) is 2.46. The Morgan fingerprint density at radius 2 is 2.25 bits per heavy atom. The minimum absolute atomic E-state index is 0.409. The summed E-state index contributed by atoms with van der Waals surface area (Å²) < 4.78 is 0. The Bertz CT molecular complexity index is 655. The standard InChI is InChI=1S/C15H18N4O/c1-10-9-19(7-6-17-10)14-8-12(15(16)20)11-4-2-3-5-13(11)18-14/h2-5,8,10,17H,6-7,9H2,1H3,(H2,16,20). The van der Waals surface area contributed by atoms with Gasteiger partial charge in [-0.15, -0.1) is 0 Å². The molecule has 1 aliphatic heterocycles.